The molecular weight excluding hydrogens is 465 g/mol. The molecule has 164 valence electrons. The Morgan fingerprint density at radius 3 is 2.90 bits per heavy atom. The molecule has 2 N–H and O–H groups in total. The summed E-state index contributed by atoms with van der Waals surface area (Å²) in [7, 11) is -2.75. The van der Waals surface area contributed by atoms with Crippen molar-refractivity contribution in [3.8, 4) is 10.6 Å². The lowest BCUT2D eigenvalue weighted by Crippen LogP contribution is -2.55. The summed E-state index contributed by atoms with van der Waals surface area (Å²) in [5.74, 6) is -1.58. The lowest BCUT2D eigenvalue weighted by atomic mass is 10.1. The number of carbonyl (C=O) groups is 1. The van der Waals surface area contributed by atoms with Crippen LogP contribution >= 0.6 is 22.9 Å². The van der Waals surface area contributed by atoms with Gasteiger partial charge in [0, 0.05) is 34.9 Å². The van der Waals surface area contributed by atoms with Crippen LogP contribution in [0, 0.1) is 5.82 Å². The van der Waals surface area contributed by atoms with Gasteiger partial charge in [-0.25, -0.2) is 9.37 Å². The minimum Gasteiger partial charge on any atom is -0.340 e. The highest BCUT2D eigenvalue weighted by Crippen LogP contribution is 2.35. The minimum atomic E-state index is -4.57. The van der Waals surface area contributed by atoms with Gasteiger partial charge >= 0.3 is 0 Å². The smallest absolute Gasteiger partial charge is 0.280 e. The van der Waals surface area contributed by atoms with E-state index in [1.807, 2.05) is 7.05 Å². The number of aromatic nitrogens is 2. The van der Waals surface area contributed by atoms with Crippen LogP contribution in [0.25, 0.3) is 10.6 Å². The van der Waals surface area contributed by atoms with Crippen molar-refractivity contribution in [3.63, 3.8) is 0 Å². The first-order chi connectivity index (χ1) is 15.8. The number of benzene rings is 1. The highest BCUT2D eigenvalue weighted by atomic mass is 35.5. The highest BCUT2D eigenvalue weighted by Gasteiger charge is 2.41. The van der Waals surface area contributed by atoms with E-state index in [2.05, 4.69) is 15.0 Å². The fourth-order valence-electron chi connectivity index (χ4n) is 3.18. The number of halogens is 2. The Morgan fingerprint density at radius 2 is 2.23 bits per heavy atom. The average Bonchev–Trinajstić information content (AvgIpc) is 3.37. The third-order valence-electron chi connectivity index (χ3n) is 4.71. The second kappa shape index (κ2) is 8.32. The van der Waals surface area contributed by atoms with Gasteiger partial charge in [-0.15, -0.1) is 11.3 Å². The van der Waals surface area contributed by atoms with Crippen molar-refractivity contribution in [2.75, 3.05) is 12.3 Å². The third kappa shape index (κ3) is 4.51. The van der Waals surface area contributed by atoms with Crippen molar-refractivity contribution >= 4 is 44.7 Å². The van der Waals surface area contributed by atoms with Crippen molar-refractivity contribution in [2.24, 2.45) is 7.05 Å². The van der Waals surface area contributed by atoms with Gasteiger partial charge in [0.1, 0.15) is 11.9 Å². The zero-order valence-corrected chi connectivity index (χ0v) is 18.4. The van der Waals surface area contributed by atoms with Crippen LogP contribution in [0.2, 0.25) is 5.02 Å². The molecule has 0 radical (unpaired) electrons. The zero-order valence-electron chi connectivity index (χ0n) is 19.0. The van der Waals surface area contributed by atoms with Gasteiger partial charge in [0.15, 0.2) is 0 Å². The predicted octanol–water partition coefficient (Wildman–Crippen LogP) is 3.16. The van der Waals surface area contributed by atoms with Crippen LogP contribution in [0.5, 0.6) is 0 Å². The van der Waals surface area contributed by atoms with Crippen molar-refractivity contribution in [3.05, 3.63) is 58.6 Å². The van der Waals surface area contributed by atoms with Gasteiger partial charge < -0.3 is 9.88 Å². The molecule has 3 heterocycles. The summed E-state index contributed by atoms with van der Waals surface area (Å²) < 4.78 is 66.8. The number of carbonyl (C=O) groups excluding carboxylic acids is 1. The molecule has 3 aromatic rings. The van der Waals surface area contributed by atoms with E-state index in [1.54, 1.807) is 29.2 Å². The molecule has 0 unspecified atom stereocenters. The summed E-state index contributed by atoms with van der Waals surface area (Å²) in [5.41, 5.74) is 0.798. The van der Waals surface area contributed by atoms with Crippen LogP contribution in [-0.2, 0) is 22.1 Å². The van der Waals surface area contributed by atoms with Crippen LogP contribution in [-0.4, -0.2) is 41.2 Å². The Bertz CT molecular complexity index is 1340. The summed E-state index contributed by atoms with van der Waals surface area (Å²) in [6.07, 6.45) is 3.29. The minimum absolute atomic E-state index is 0.0999. The van der Waals surface area contributed by atoms with E-state index in [0.29, 0.717) is 10.6 Å². The number of likely N-dealkylation sites (N-methyl/N-ethyl adjacent to an activating group) is 1. The maximum Gasteiger partial charge on any atom is 0.280 e. The second-order valence-electron chi connectivity index (χ2n) is 6.97. The van der Waals surface area contributed by atoms with Crippen LogP contribution in [0.3, 0.4) is 0 Å². The van der Waals surface area contributed by atoms with E-state index in [-0.39, 0.29) is 21.4 Å². The van der Waals surface area contributed by atoms with Gasteiger partial charge in [-0.2, -0.15) is 17.4 Å². The molecule has 0 bridgehead atoms. The van der Waals surface area contributed by atoms with E-state index in [4.69, 9.17) is 15.7 Å². The normalized spacial score (nSPS) is 23.0. The third-order valence-corrected chi connectivity index (χ3v) is 7.58. The molecule has 12 heteroatoms. The SMILES string of the molecule is [2H]C([2H])([2H])N1[C@H](C(=O)Nc2ccc(F)c(Cl)c2)C[C@H](c2ccc(-c3cn(C)cn3)s2)NS1(=O)=O. The summed E-state index contributed by atoms with van der Waals surface area (Å²) in [4.78, 5) is 18.7. The lowest BCUT2D eigenvalue weighted by Gasteiger charge is -2.35. The summed E-state index contributed by atoms with van der Waals surface area (Å²) in [6, 6.07) is 4.51. The number of hydrogen-bond acceptors (Lipinski definition) is 5. The summed E-state index contributed by atoms with van der Waals surface area (Å²) in [5, 5.41) is 2.19. The quantitative estimate of drug-likeness (QED) is 0.592. The maximum absolute atomic E-state index is 13.5. The van der Waals surface area contributed by atoms with Crippen molar-refractivity contribution < 1.29 is 21.7 Å². The Hall–Kier alpha value is -2.31. The van der Waals surface area contributed by atoms with Crippen LogP contribution in [0.1, 0.15) is 21.5 Å². The molecule has 2 atom stereocenters. The molecule has 1 saturated heterocycles. The summed E-state index contributed by atoms with van der Waals surface area (Å²) in [6.45, 7) is -3.12. The monoisotopic (exact) mass is 486 g/mol. The van der Waals surface area contributed by atoms with Crippen LogP contribution < -0.4 is 10.0 Å². The molecule has 2 aromatic heterocycles. The van der Waals surface area contributed by atoms with Gasteiger partial charge in [0.25, 0.3) is 10.2 Å². The van der Waals surface area contributed by atoms with E-state index in [9.17, 15) is 17.6 Å². The zero-order chi connectivity index (χ0) is 24.8. The molecule has 1 amide bonds. The summed E-state index contributed by atoms with van der Waals surface area (Å²) >= 11 is 7.03. The van der Waals surface area contributed by atoms with Crippen molar-refractivity contribution in [1.29, 1.82) is 0 Å². The van der Waals surface area contributed by atoms with E-state index >= 15 is 0 Å². The molecule has 0 aliphatic carbocycles. The molecule has 1 aliphatic rings. The average molecular weight is 487 g/mol. The largest absolute Gasteiger partial charge is 0.340 e. The van der Waals surface area contributed by atoms with E-state index in [0.717, 1.165) is 17.0 Å². The number of nitrogens with one attached hydrogen (secondary N) is 2. The van der Waals surface area contributed by atoms with Crippen molar-refractivity contribution in [1.82, 2.24) is 18.6 Å². The fraction of sp³-hybridized carbons (Fsp3) is 0.263. The number of imidazole rings is 1. The van der Waals surface area contributed by atoms with Gasteiger partial charge in [0.2, 0.25) is 5.91 Å². The molecule has 1 aromatic carbocycles. The first kappa shape index (κ1) is 18.3. The Kier molecular flexibility index (Phi) is 4.91. The van der Waals surface area contributed by atoms with Gasteiger partial charge in [-0.3, -0.25) is 4.79 Å². The molecule has 8 nitrogen and oxygen atoms in total. The number of anilines is 1. The fourth-order valence-corrected chi connectivity index (χ4v) is 5.68. The van der Waals surface area contributed by atoms with Crippen molar-refractivity contribution in [2.45, 2.75) is 18.5 Å². The number of thiophene rings is 1. The first-order valence-electron chi connectivity index (χ1n) is 10.5. The second-order valence-corrected chi connectivity index (χ2v) is 10.1. The van der Waals surface area contributed by atoms with Gasteiger partial charge in [-0.05, 0) is 36.8 Å². The molecule has 0 saturated carbocycles. The van der Waals surface area contributed by atoms with Crippen LogP contribution in [0.4, 0.5) is 10.1 Å². The number of amides is 1. The molecular formula is C19H19ClFN5O3S2. The predicted molar refractivity (Wildman–Crippen MR) is 118 cm³/mol. The van der Waals surface area contributed by atoms with Gasteiger partial charge in [-0.1, -0.05) is 11.6 Å². The highest BCUT2D eigenvalue weighted by molar-refractivity contribution is 7.87. The topological polar surface area (TPSA) is 96.3 Å². The molecule has 4 rings (SSSR count). The number of hydrogen-bond donors (Lipinski definition) is 2. The van der Waals surface area contributed by atoms with E-state index in [1.165, 1.54) is 17.4 Å². The lowest BCUT2D eigenvalue weighted by molar-refractivity contribution is -0.120. The molecule has 1 fully saturated rings. The molecule has 31 heavy (non-hydrogen) atoms. The molecule has 1 aliphatic heterocycles. The van der Waals surface area contributed by atoms with Gasteiger partial charge in [0.05, 0.1) is 28.0 Å². The Morgan fingerprint density at radius 1 is 1.42 bits per heavy atom. The Labute approximate surface area is 192 Å². The standard InChI is InChI=1S/C19H19ClFN5O3S2/c1-25-9-15(22-10-25)18-6-5-17(30-18)14-8-16(26(2)31(28,29)24-14)19(27)23-11-3-4-13(21)12(20)7-11/h3-7,9-10,14,16,24H,8H2,1-2H3,(H,23,27)/t14-,16+/m1/s1/i2D3. The number of aryl methyl sites for hydroxylation is 1. The number of nitrogens with zero attached hydrogens (tertiary/aromatic N) is 3. The number of rotatable bonds is 4. The molecule has 0 spiro atoms. The maximum atomic E-state index is 13.5. The van der Waals surface area contributed by atoms with E-state index < -0.39 is 41.0 Å². The van der Waals surface area contributed by atoms with Crippen LogP contribution in [0.15, 0.2) is 42.9 Å². The first-order valence-corrected chi connectivity index (χ1v) is 11.6. The Balaban J connectivity index is 1.65.